The van der Waals surface area contributed by atoms with Crippen molar-refractivity contribution in [2.75, 3.05) is 13.1 Å². The highest BCUT2D eigenvalue weighted by Gasteiger charge is 2.07. The van der Waals surface area contributed by atoms with Crippen LogP contribution in [0.2, 0.25) is 0 Å². The number of thiazole rings is 1. The van der Waals surface area contributed by atoms with Crippen molar-refractivity contribution in [1.29, 1.82) is 0 Å². The van der Waals surface area contributed by atoms with Gasteiger partial charge in [0.15, 0.2) is 0 Å². The molecular formula is C10H17N3OS. The minimum atomic E-state index is 0.00884. The molecule has 1 aromatic rings. The van der Waals surface area contributed by atoms with E-state index in [1.807, 2.05) is 12.3 Å². The number of aromatic nitrogens is 1. The predicted octanol–water partition coefficient (Wildman–Crippen LogP) is 1.24. The molecule has 0 aromatic carbocycles. The fraction of sp³-hybridized carbons (Fsp3) is 0.600. The molecule has 1 aromatic heterocycles. The van der Waals surface area contributed by atoms with Crippen LogP contribution in [0.3, 0.4) is 0 Å². The first-order valence-electron chi connectivity index (χ1n) is 4.99. The Morgan fingerprint density at radius 1 is 1.60 bits per heavy atom. The van der Waals surface area contributed by atoms with E-state index in [1.54, 1.807) is 11.3 Å². The van der Waals surface area contributed by atoms with Crippen LogP contribution in [0.4, 0.5) is 0 Å². The molecule has 0 aliphatic rings. The minimum Gasteiger partial charge on any atom is -0.355 e. The largest absolute Gasteiger partial charge is 0.355 e. The first-order valence-corrected chi connectivity index (χ1v) is 5.87. The number of rotatable bonds is 5. The van der Waals surface area contributed by atoms with Gasteiger partial charge in [-0.1, -0.05) is 0 Å². The van der Waals surface area contributed by atoms with Crippen LogP contribution in [-0.4, -0.2) is 24.0 Å². The first kappa shape index (κ1) is 12.1. The van der Waals surface area contributed by atoms with Gasteiger partial charge >= 0.3 is 0 Å². The molecule has 0 aliphatic carbocycles. The Hall–Kier alpha value is -0.940. The fourth-order valence-corrected chi connectivity index (χ4v) is 2.01. The van der Waals surface area contributed by atoms with Gasteiger partial charge < -0.3 is 10.6 Å². The van der Waals surface area contributed by atoms with E-state index in [1.165, 1.54) is 6.92 Å². The number of aryl methyl sites for hydroxylation is 1. The summed E-state index contributed by atoms with van der Waals surface area (Å²) in [4.78, 5) is 15.0. The molecule has 15 heavy (non-hydrogen) atoms. The van der Waals surface area contributed by atoms with Gasteiger partial charge in [-0.05, 0) is 13.8 Å². The number of hydrogen-bond donors (Lipinski definition) is 2. The molecule has 0 bridgehead atoms. The number of hydrogen-bond acceptors (Lipinski definition) is 4. The SMILES string of the molecule is CC(=O)NCCNC(C)c1nc(C)cs1. The number of amides is 1. The molecule has 0 fully saturated rings. The summed E-state index contributed by atoms with van der Waals surface area (Å²) >= 11 is 1.66. The van der Waals surface area contributed by atoms with Crippen molar-refractivity contribution in [1.82, 2.24) is 15.6 Å². The predicted molar refractivity (Wildman–Crippen MR) is 62.0 cm³/mol. The van der Waals surface area contributed by atoms with E-state index in [2.05, 4.69) is 22.5 Å². The Morgan fingerprint density at radius 2 is 2.33 bits per heavy atom. The lowest BCUT2D eigenvalue weighted by Crippen LogP contribution is -2.31. The smallest absolute Gasteiger partial charge is 0.216 e. The molecule has 1 unspecified atom stereocenters. The molecule has 1 rings (SSSR count). The van der Waals surface area contributed by atoms with E-state index in [0.29, 0.717) is 6.54 Å². The van der Waals surface area contributed by atoms with Crippen LogP contribution < -0.4 is 10.6 Å². The molecule has 0 aliphatic heterocycles. The molecule has 84 valence electrons. The van der Waals surface area contributed by atoms with Gasteiger partial charge in [0.25, 0.3) is 0 Å². The quantitative estimate of drug-likeness (QED) is 0.744. The van der Waals surface area contributed by atoms with Gasteiger partial charge in [0.2, 0.25) is 5.91 Å². The monoisotopic (exact) mass is 227 g/mol. The lowest BCUT2D eigenvalue weighted by atomic mass is 10.3. The minimum absolute atomic E-state index is 0.00884. The van der Waals surface area contributed by atoms with Crippen LogP contribution in [0.5, 0.6) is 0 Å². The van der Waals surface area contributed by atoms with Crippen molar-refractivity contribution in [3.05, 3.63) is 16.1 Å². The lowest BCUT2D eigenvalue weighted by molar-refractivity contribution is -0.118. The van der Waals surface area contributed by atoms with Crippen LogP contribution >= 0.6 is 11.3 Å². The van der Waals surface area contributed by atoms with E-state index >= 15 is 0 Å². The van der Waals surface area contributed by atoms with E-state index in [9.17, 15) is 4.79 Å². The van der Waals surface area contributed by atoms with Crippen LogP contribution in [0, 0.1) is 6.92 Å². The summed E-state index contributed by atoms with van der Waals surface area (Å²) in [5, 5.41) is 9.18. The van der Waals surface area contributed by atoms with Crippen molar-refractivity contribution < 1.29 is 4.79 Å². The molecule has 5 heteroatoms. The van der Waals surface area contributed by atoms with E-state index < -0.39 is 0 Å². The molecule has 1 amide bonds. The zero-order valence-electron chi connectivity index (χ0n) is 9.33. The van der Waals surface area contributed by atoms with Gasteiger partial charge in [0.1, 0.15) is 5.01 Å². The number of nitrogens with zero attached hydrogens (tertiary/aromatic N) is 1. The van der Waals surface area contributed by atoms with Crippen molar-refractivity contribution in [3.8, 4) is 0 Å². The molecule has 0 radical (unpaired) electrons. The highest BCUT2D eigenvalue weighted by Crippen LogP contribution is 2.16. The van der Waals surface area contributed by atoms with E-state index in [-0.39, 0.29) is 11.9 Å². The zero-order valence-corrected chi connectivity index (χ0v) is 10.1. The normalized spacial score (nSPS) is 12.5. The summed E-state index contributed by atoms with van der Waals surface area (Å²) in [6.07, 6.45) is 0. The average Bonchev–Trinajstić information content (AvgIpc) is 2.59. The van der Waals surface area contributed by atoms with E-state index in [0.717, 1.165) is 17.2 Å². The van der Waals surface area contributed by atoms with Crippen molar-refractivity contribution in [2.24, 2.45) is 0 Å². The van der Waals surface area contributed by atoms with Crippen LogP contribution in [0.25, 0.3) is 0 Å². The summed E-state index contributed by atoms with van der Waals surface area (Å²) in [6.45, 7) is 7.01. The molecule has 4 nitrogen and oxygen atoms in total. The third-order valence-corrected chi connectivity index (χ3v) is 3.10. The maximum Gasteiger partial charge on any atom is 0.216 e. The van der Waals surface area contributed by atoms with Gasteiger partial charge in [0.05, 0.1) is 6.04 Å². The summed E-state index contributed by atoms with van der Waals surface area (Å²) in [5.74, 6) is 0.00884. The third kappa shape index (κ3) is 4.40. The Bertz CT molecular complexity index is 324. The summed E-state index contributed by atoms with van der Waals surface area (Å²) < 4.78 is 0. The standard InChI is InChI=1S/C10H17N3OS/c1-7-6-15-10(13-7)8(2)11-4-5-12-9(3)14/h6,8,11H,4-5H2,1-3H3,(H,12,14). The van der Waals surface area contributed by atoms with Gasteiger partial charge in [-0.3, -0.25) is 4.79 Å². The van der Waals surface area contributed by atoms with Gasteiger partial charge in [-0.25, -0.2) is 4.98 Å². The van der Waals surface area contributed by atoms with Crippen molar-refractivity contribution in [2.45, 2.75) is 26.8 Å². The molecular weight excluding hydrogens is 210 g/mol. The van der Waals surface area contributed by atoms with Crippen LogP contribution in [0.1, 0.15) is 30.6 Å². The van der Waals surface area contributed by atoms with Crippen molar-refractivity contribution in [3.63, 3.8) is 0 Å². The maximum absolute atomic E-state index is 10.6. The Kier molecular flexibility index (Phi) is 4.71. The van der Waals surface area contributed by atoms with E-state index in [4.69, 9.17) is 0 Å². The summed E-state index contributed by atoms with van der Waals surface area (Å²) in [5.41, 5.74) is 1.06. The highest BCUT2D eigenvalue weighted by molar-refractivity contribution is 7.09. The second-order valence-corrected chi connectivity index (χ2v) is 4.38. The van der Waals surface area contributed by atoms with Gasteiger partial charge in [-0.15, -0.1) is 11.3 Å². The number of carbonyl (C=O) groups is 1. The lowest BCUT2D eigenvalue weighted by Gasteiger charge is -2.10. The first-order chi connectivity index (χ1) is 7.09. The van der Waals surface area contributed by atoms with Crippen LogP contribution in [0.15, 0.2) is 5.38 Å². The average molecular weight is 227 g/mol. The summed E-state index contributed by atoms with van der Waals surface area (Å²) in [6, 6.07) is 0.248. The molecule has 0 saturated carbocycles. The second kappa shape index (κ2) is 5.82. The molecule has 1 atom stereocenters. The molecule has 0 saturated heterocycles. The Labute approximate surface area is 94.1 Å². The molecule has 0 spiro atoms. The zero-order chi connectivity index (χ0) is 11.3. The highest BCUT2D eigenvalue weighted by atomic mass is 32.1. The Morgan fingerprint density at radius 3 is 2.87 bits per heavy atom. The Balaban J connectivity index is 2.24. The van der Waals surface area contributed by atoms with Crippen LogP contribution in [-0.2, 0) is 4.79 Å². The maximum atomic E-state index is 10.6. The van der Waals surface area contributed by atoms with Crippen molar-refractivity contribution >= 4 is 17.2 Å². The van der Waals surface area contributed by atoms with Gasteiger partial charge in [-0.2, -0.15) is 0 Å². The topological polar surface area (TPSA) is 54.0 Å². The second-order valence-electron chi connectivity index (χ2n) is 3.49. The third-order valence-electron chi connectivity index (χ3n) is 1.96. The number of nitrogens with one attached hydrogen (secondary N) is 2. The molecule has 2 N–H and O–H groups in total. The summed E-state index contributed by atoms with van der Waals surface area (Å²) in [7, 11) is 0. The fourth-order valence-electron chi connectivity index (χ4n) is 1.19. The van der Waals surface area contributed by atoms with Gasteiger partial charge in [0, 0.05) is 31.1 Å². The molecule has 1 heterocycles. The number of carbonyl (C=O) groups excluding carboxylic acids is 1.